The Morgan fingerprint density at radius 2 is 1.91 bits per heavy atom. The molecule has 35 heavy (non-hydrogen) atoms. The van der Waals surface area contributed by atoms with Gasteiger partial charge in [0.05, 0.1) is 31.8 Å². The zero-order valence-corrected chi connectivity index (χ0v) is 21.2. The van der Waals surface area contributed by atoms with Crippen molar-refractivity contribution in [2.75, 3.05) is 52.6 Å². The Labute approximate surface area is 213 Å². The molecule has 8 nitrogen and oxygen atoms in total. The van der Waals surface area contributed by atoms with Gasteiger partial charge in [0.25, 0.3) is 5.56 Å². The third kappa shape index (κ3) is 6.13. The molecule has 0 bridgehead atoms. The molecule has 186 valence electrons. The van der Waals surface area contributed by atoms with Crippen LogP contribution < -0.4 is 20.3 Å². The zero-order valence-electron chi connectivity index (χ0n) is 19.6. The topological polar surface area (TPSA) is 79.1 Å². The standard InChI is InChI=1S/C25H30N4O4S2/c30-24-19(13-18-14-22-23(15-21(18)27-24)33-11-10-32-22)16-29(17-20-3-1-12-35-20)25(34)26-4-2-5-28-6-8-31-9-7-28/h1,3,12-15H,2,4-11,16-17H2,(H,26,34)(H,27,30). The molecule has 0 saturated carbocycles. The van der Waals surface area contributed by atoms with Gasteiger partial charge in [0.1, 0.15) is 13.2 Å². The number of H-pyrrole nitrogens is 1. The minimum atomic E-state index is -0.125. The van der Waals surface area contributed by atoms with Crippen LogP contribution in [0.25, 0.3) is 10.9 Å². The molecular formula is C25H30N4O4S2. The van der Waals surface area contributed by atoms with Crippen LogP contribution in [0.15, 0.2) is 40.5 Å². The fourth-order valence-electron chi connectivity index (χ4n) is 4.34. The number of aromatic nitrogens is 1. The molecule has 0 radical (unpaired) electrons. The highest BCUT2D eigenvalue weighted by Gasteiger charge is 2.17. The Balaban J connectivity index is 1.28. The molecule has 2 aliphatic rings. The number of benzene rings is 1. The highest BCUT2D eigenvalue weighted by atomic mass is 32.1. The first-order chi connectivity index (χ1) is 17.2. The number of nitrogens with one attached hydrogen (secondary N) is 2. The number of pyridine rings is 1. The van der Waals surface area contributed by atoms with E-state index in [2.05, 4.69) is 31.5 Å². The first-order valence-electron chi connectivity index (χ1n) is 12.0. The molecule has 0 unspecified atom stereocenters. The van der Waals surface area contributed by atoms with E-state index in [9.17, 15) is 4.79 Å². The van der Waals surface area contributed by atoms with Crippen molar-refractivity contribution in [3.05, 3.63) is 56.5 Å². The number of hydrogen-bond donors (Lipinski definition) is 2. The fourth-order valence-corrected chi connectivity index (χ4v) is 5.29. The number of ether oxygens (including phenoxy) is 3. The molecular weight excluding hydrogens is 484 g/mol. The molecule has 1 saturated heterocycles. The maximum absolute atomic E-state index is 13.0. The highest BCUT2D eigenvalue weighted by Crippen LogP contribution is 2.33. The summed E-state index contributed by atoms with van der Waals surface area (Å²) in [6, 6.07) is 9.81. The molecule has 1 aromatic carbocycles. The normalized spacial score (nSPS) is 15.8. The Kier molecular flexibility index (Phi) is 7.82. The van der Waals surface area contributed by atoms with Crippen LogP contribution in [0.5, 0.6) is 11.5 Å². The summed E-state index contributed by atoms with van der Waals surface area (Å²) in [7, 11) is 0. The molecule has 3 aromatic rings. The Hall–Kier alpha value is -2.66. The second kappa shape index (κ2) is 11.4. The van der Waals surface area contributed by atoms with Crippen molar-refractivity contribution >= 4 is 39.6 Å². The monoisotopic (exact) mass is 514 g/mol. The van der Waals surface area contributed by atoms with Crippen LogP contribution in [0.4, 0.5) is 0 Å². The van der Waals surface area contributed by atoms with Gasteiger partial charge in [-0.25, -0.2) is 0 Å². The lowest BCUT2D eigenvalue weighted by atomic mass is 10.1. The number of fused-ring (bicyclic) bond motifs is 2. The van der Waals surface area contributed by atoms with Crippen molar-refractivity contribution in [2.24, 2.45) is 0 Å². The second-order valence-electron chi connectivity index (χ2n) is 8.68. The first kappa shape index (κ1) is 24.1. The van der Waals surface area contributed by atoms with Gasteiger partial charge in [-0.1, -0.05) is 6.07 Å². The average Bonchev–Trinajstić information content (AvgIpc) is 3.39. The SMILES string of the molecule is O=c1[nH]c2cc3c(cc2cc1CN(Cc1cccs1)C(=S)NCCCN1CCOCC1)OCCO3. The summed E-state index contributed by atoms with van der Waals surface area (Å²) in [5, 5.41) is 7.03. The molecule has 2 aromatic heterocycles. The fraction of sp³-hybridized carbons (Fsp3) is 0.440. The van der Waals surface area contributed by atoms with Gasteiger partial charge >= 0.3 is 0 Å². The molecule has 10 heteroatoms. The molecule has 0 atom stereocenters. The van der Waals surface area contributed by atoms with Crippen LogP contribution in [0, 0.1) is 0 Å². The average molecular weight is 515 g/mol. The van der Waals surface area contributed by atoms with Crippen molar-refractivity contribution in [3.63, 3.8) is 0 Å². The maximum atomic E-state index is 13.0. The highest BCUT2D eigenvalue weighted by molar-refractivity contribution is 7.80. The van der Waals surface area contributed by atoms with Gasteiger partial charge in [-0.3, -0.25) is 9.69 Å². The largest absolute Gasteiger partial charge is 0.486 e. The molecule has 2 N–H and O–H groups in total. The van der Waals surface area contributed by atoms with Crippen LogP contribution in [-0.4, -0.2) is 72.5 Å². The predicted octanol–water partition coefficient (Wildman–Crippen LogP) is 2.96. The molecule has 5 rings (SSSR count). The van der Waals surface area contributed by atoms with E-state index in [1.54, 1.807) is 11.3 Å². The molecule has 4 heterocycles. The maximum Gasteiger partial charge on any atom is 0.253 e. The van der Waals surface area contributed by atoms with Gasteiger partial charge in [-0.15, -0.1) is 11.3 Å². The van der Waals surface area contributed by atoms with Crippen LogP contribution in [-0.2, 0) is 17.8 Å². The van der Waals surface area contributed by atoms with E-state index in [-0.39, 0.29) is 5.56 Å². The van der Waals surface area contributed by atoms with E-state index in [1.807, 2.05) is 24.3 Å². The Bertz CT molecular complexity index is 1210. The van der Waals surface area contributed by atoms with E-state index < -0.39 is 0 Å². The van der Waals surface area contributed by atoms with E-state index >= 15 is 0 Å². The number of nitrogens with zero attached hydrogens (tertiary/aromatic N) is 2. The number of aromatic amines is 1. The molecule has 0 amide bonds. The van der Waals surface area contributed by atoms with Gasteiger partial charge < -0.3 is 29.4 Å². The van der Waals surface area contributed by atoms with Crippen molar-refractivity contribution < 1.29 is 14.2 Å². The lowest BCUT2D eigenvalue weighted by molar-refractivity contribution is 0.0376. The smallest absolute Gasteiger partial charge is 0.253 e. The van der Waals surface area contributed by atoms with Crippen molar-refractivity contribution in [2.45, 2.75) is 19.5 Å². The van der Waals surface area contributed by atoms with Crippen LogP contribution >= 0.6 is 23.6 Å². The predicted molar refractivity (Wildman–Crippen MR) is 142 cm³/mol. The van der Waals surface area contributed by atoms with Crippen LogP contribution in [0.3, 0.4) is 0 Å². The van der Waals surface area contributed by atoms with Gasteiger partial charge in [0.15, 0.2) is 16.6 Å². The summed E-state index contributed by atoms with van der Waals surface area (Å²) in [4.78, 5) is 21.6. The minimum absolute atomic E-state index is 0.125. The lowest BCUT2D eigenvalue weighted by Crippen LogP contribution is -2.41. The number of morpholine rings is 1. The first-order valence-corrected chi connectivity index (χ1v) is 13.3. The van der Waals surface area contributed by atoms with E-state index in [0.717, 1.165) is 56.7 Å². The van der Waals surface area contributed by atoms with Gasteiger partial charge in [0, 0.05) is 41.5 Å². The lowest BCUT2D eigenvalue weighted by Gasteiger charge is -2.28. The van der Waals surface area contributed by atoms with E-state index in [0.29, 0.717) is 48.5 Å². The second-order valence-corrected chi connectivity index (χ2v) is 10.1. The third-order valence-electron chi connectivity index (χ3n) is 6.19. The Morgan fingerprint density at radius 1 is 1.11 bits per heavy atom. The van der Waals surface area contributed by atoms with Gasteiger partial charge in [-0.05, 0) is 48.8 Å². The summed E-state index contributed by atoms with van der Waals surface area (Å²) in [5.41, 5.74) is 1.26. The number of thiophene rings is 1. The third-order valence-corrected chi connectivity index (χ3v) is 7.45. The molecule has 0 aliphatic carbocycles. The van der Waals surface area contributed by atoms with Crippen LogP contribution in [0.2, 0.25) is 0 Å². The molecule has 1 fully saturated rings. The summed E-state index contributed by atoms with van der Waals surface area (Å²) >= 11 is 7.46. The van der Waals surface area contributed by atoms with E-state index in [4.69, 9.17) is 26.4 Å². The van der Waals surface area contributed by atoms with E-state index in [1.165, 1.54) is 4.88 Å². The van der Waals surface area contributed by atoms with Gasteiger partial charge in [-0.2, -0.15) is 0 Å². The van der Waals surface area contributed by atoms with Crippen molar-refractivity contribution in [1.82, 2.24) is 20.1 Å². The summed E-state index contributed by atoms with van der Waals surface area (Å²) in [6.45, 7) is 7.48. The summed E-state index contributed by atoms with van der Waals surface area (Å²) in [6.07, 6.45) is 0.997. The number of rotatable bonds is 8. The minimum Gasteiger partial charge on any atom is -0.486 e. The number of thiocarbonyl (C=S) groups is 1. The van der Waals surface area contributed by atoms with Crippen LogP contribution in [0.1, 0.15) is 16.9 Å². The molecule has 0 spiro atoms. The van der Waals surface area contributed by atoms with Gasteiger partial charge in [0.2, 0.25) is 0 Å². The van der Waals surface area contributed by atoms with Crippen molar-refractivity contribution in [3.8, 4) is 11.5 Å². The van der Waals surface area contributed by atoms with Crippen molar-refractivity contribution in [1.29, 1.82) is 0 Å². The summed E-state index contributed by atoms with van der Waals surface area (Å²) in [5.74, 6) is 1.36. The summed E-state index contributed by atoms with van der Waals surface area (Å²) < 4.78 is 16.8. The number of hydrogen-bond acceptors (Lipinski definition) is 7. The Morgan fingerprint density at radius 3 is 2.69 bits per heavy atom. The zero-order chi connectivity index (χ0) is 24.0. The quantitative estimate of drug-likeness (QED) is 0.351. The molecule has 2 aliphatic heterocycles.